The summed E-state index contributed by atoms with van der Waals surface area (Å²) in [5, 5.41) is 3.54. The summed E-state index contributed by atoms with van der Waals surface area (Å²) in [6.07, 6.45) is 0. The van der Waals surface area contributed by atoms with Gasteiger partial charge in [0.05, 0.1) is 6.61 Å². The van der Waals surface area contributed by atoms with E-state index in [-0.39, 0.29) is 0 Å². The van der Waals surface area contributed by atoms with Gasteiger partial charge >= 0.3 is 0 Å². The number of nitrogens with one attached hydrogen (secondary N) is 1. The lowest BCUT2D eigenvalue weighted by Gasteiger charge is -2.14. The third-order valence-electron chi connectivity index (χ3n) is 3.77. The maximum Gasteiger partial charge on any atom is 0.119 e. The van der Waals surface area contributed by atoms with Crippen LogP contribution in [-0.2, 0) is 11.3 Å². The molecule has 0 atom stereocenters. The fraction of sp³-hybridized carbons (Fsp3) is 0.400. The smallest absolute Gasteiger partial charge is 0.119 e. The Labute approximate surface area is 139 Å². The molecule has 2 rings (SSSR count). The molecular weight excluding hydrogens is 286 g/mol. The van der Waals surface area contributed by atoms with E-state index < -0.39 is 0 Å². The zero-order valence-corrected chi connectivity index (χ0v) is 14.6. The number of anilines is 1. The highest BCUT2D eigenvalue weighted by Gasteiger charge is 2.03. The molecule has 0 amide bonds. The number of hydrogen-bond acceptors (Lipinski definition) is 3. The van der Waals surface area contributed by atoms with Gasteiger partial charge in [0.25, 0.3) is 0 Å². The fourth-order valence-corrected chi connectivity index (χ4v) is 2.72. The summed E-state index contributed by atoms with van der Waals surface area (Å²) >= 11 is 0. The Morgan fingerprint density at radius 1 is 0.913 bits per heavy atom. The van der Waals surface area contributed by atoms with Crippen molar-refractivity contribution in [3.63, 3.8) is 0 Å². The molecule has 0 aliphatic heterocycles. The van der Waals surface area contributed by atoms with E-state index in [1.807, 2.05) is 19.1 Å². The van der Waals surface area contributed by atoms with Gasteiger partial charge in [0.1, 0.15) is 12.4 Å². The monoisotopic (exact) mass is 313 g/mol. The molecule has 0 unspecified atom stereocenters. The van der Waals surface area contributed by atoms with Gasteiger partial charge in [-0.25, -0.2) is 0 Å². The summed E-state index contributed by atoms with van der Waals surface area (Å²) in [5.74, 6) is 0.885. The molecular formula is C20H27NO2. The summed E-state index contributed by atoms with van der Waals surface area (Å²) < 4.78 is 10.9. The van der Waals surface area contributed by atoms with E-state index in [9.17, 15) is 0 Å². The molecule has 3 heteroatoms. The average molecular weight is 313 g/mol. The van der Waals surface area contributed by atoms with Crippen LogP contribution in [0.1, 0.15) is 29.2 Å². The maximum atomic E-state index is 5.63. The predicted octanol–water partition coefficient (Wildman–Crippen LogP) is 4.64. The molecule has 0 fully saturated rings. The first kappa shape index (κ1) is 17.4. The molecule has 2 aromatic rings. The van der Waals surface area contributed by atoms with Crippen molar-refractivity contribution in [1.82, 2.24) is 0 Å². The number of hydrogen-bond donors (Lipinski definition) is 1. The van der Waals surface area contributed by atoms with Gasteiger partial charge in [0.2, 0.25) is 0 Å². The summed E-state index contributed by atoms with van der Waals surface area (Å²) in [6.45, 7) is 11.2. The van der Waals surface area contributed by atoms with Crippen molar-refractivity contribution in [2.24, 2.45) is 0 Å². The molecule has 23 heavy (non-hydrogen) atoms. The van der Waals surface area contributed by atoms with E-state index in [0.717, 1.165) is 18.9 Å². The number of rotatable bonds is 8. The first-order valence-corrected chi connectivity index (χ1v) is 8.21. The van der Waals surface area contributed by atoms with Crippen molar-refractivity contribution in [3.05, 3.63) is 58.7 Å². The minimum atomic E-state index is 0.590. The number of aryl methyl sites for hydroxylation is 3. The molecule has 3 nitrogen and oxygen atoms in total. The van der Waals surface area contributed by atoms with Gasteiger partial charge in [-0.15, -0.1) is 0 Å². The molecule has 124 valence electrons. The van der Waals surface area contributed by atoms with E-state index in [0.29, 0.717) is 13.2 Å². The number of benzene rings is 2. The Kier molecular flexibility index (Phi) is 6.48. The van der Waals surface area contributed by atoms with Crippen LogP contribution in [0.2, 0.25) is 0 Å². The molecule has 0 radical (unpaired) electrons. The van der Waals surface area contributed by atoms with Crippen molar-refractivity contribution in [2.75, 3.05) is 25.1 Å². The largest absolute Gasteiger partial charge is 0.491 e. The van der Waals surface area contributed by atoms with Crippen LogP contribution in [0.15, 0.2) is 36.4 Å². The Balaban J connectivity index is 1.89. The molecule has 0 saturated carbocycles. The third-order valence-corrected chi connectivity index (χ3v) is 3.77. The van der Waals surface area contributed by atoms with E-state index >= 15 is 0 Å². The second-order valence-corrected chi connectivity index (χ2v) is 5.82. The summed E-state index contributed by atoms with van der Waals surface area (Å²) in [4.78, 5) is 0. The second kappa shape index (κ2) is 8.59. The van der Waals surface area contributed by atoms with E-state index in [2.05, 4.69) is 50.4 Å². The van der Waals surface area contributed by atoms with Crippen LogP contribution in [0.5, 0.6) is 5.75 Å². The van der Waals surface area contributed by atoms with Gasteiger partial charge < -0.3 is 14.8 Å². The number of ether oxygens (including phenoxy) is 2. The normalized spacial score (nSPS) is 10.6. The van der Waals surface area contributed by atoms with Crippen LogP contribution in [0.4, 0.5) is 5.69 Å². The van der Waals surface area contributed by atoms with Crippen LogP contribution in [0, 0.1) is 20.8 Å². The minimum absolute atomic E-state index is 0.590. The SMILES string of the molecule is CCOCCOc1ccc(CNc2c(C)cc(C)cc2C)cc1. The summed E-state index contributed by atoms with van der Waals surface area (Å²) in [7, 11) is 0. The van der Waals surface area contributed by atoms with Crippen molar-refractivity contribution in [3.8, 4) is 5.75 Å². The molecule has 0 aliphatic rings. The predicted molar refractivity (Wildman–Crippen MR) is 96.4 cm³/mol. The van der Waals surface area contributed by atoms with E-state index in [1.54, 1.807) is 0 Å². The maximum absolute atomic E-state index is 5.63. The molecule has 0 bridgehead atoms. The van der Waals surface area contributed by atoms with Gasteiger partial charge in [-0.05, 0) is 56.5 Å². The van der Waals surface area contributed by atoms with Crippen molar-refractivity contribution in [2.45, 2.75) is 34.2 Å². The second-order valence-electron chi connectivity index (χ2n) is 5.82. The Bertz CT molecular complexity index is 597. The highest BCUT2D eigenvalue weighted by molar-refractivity contribution is 5.58. The molecule has 0 aliphatic carbocycles. The van der Waals surface area contributed by atoms with Gasteiger partial charge in [-0.2, -0.15) is 0 Å². The molecule has 0 heterocycles. The van der Waals surface area contributed by atoms with Crippen LogP contribution < -0.4 is 10.1 Å². The first-order chi connectivity index (χ1) is 11.1. The summed E-state index contributed by atoms with van der Waals surface area (Å²) in [6, 6.07) is 12.6. The lowest BCUT2D eigenvalue weighted by atomic mass is 10.0. The van der Waals surface area contributed by atoms with Crippen LogP contribution in [0.3, 0.4) is 0 Å². The van der Waals surface area contributed by atoms with Gasteiger partial charge in [-0.1, -0.05) is 29.8 Å². The van der Waals surface area contributed by atoms with E-state index in [1.165, 1.54) is 27.9 Å². The standard InChI is InChI=1S/C20H27NO2/c1-5-22-10-11-23-19-8-6-18(7-9-19)14-21-20-16(3)12-15(2)13-17(20)4/h6-9,12-13,21H,5,10-11,14H2,1-4H3. The highest BCUT2D eigenvalue weighted by atomic mass is 16.5. The topological polar surface area (TPSA) is 30.5 Å². The lowest BCUT2D eigenvalue weighted by Crippen LogP contribution is -2.06. The zero-order valence-electron chi connectivity index (χ0n) is 14.6. The Hall–Kier alpha value is -2.00. The van der Waals surface area contributed by atoms with E-state index in [4.69, 9.17) is 9.47 Å². The molecule has 1 N–H and O–H groups in total. The average Bonchev–Trinajstić information content (AvgIpc) is 2.52. The van der Waals surface area contributed by atoms with Gasteiger partial charge in [0, 0.05) is 18.8 Å². The minimum Gasteiger partial charge on any atom is -0.491 e. The van der Waals surface area contributed by atoms with Crippen LogP contribution in [0.25, 0.3) is 0 Å². The van der Waals surface area contributed by atoms with Gasteiger partial charge in [0.15, 0.2) is 0 Å². The Morgan fingerprint density at radius 3 is 2.17 bits per heavy atom. The summed E-state index contributed by atoms with van der Waals surface area (Å²) in [5.41, 5.74) is 6.35. The first-order valence-electron chi connectivity index (χ1n) is 8.21. The third kappa shape index (κ3) is 5.29. The van der Waals surface area contributed by atoms with Crippen molar-refractivity contribution < 1.29 is 9.47 Å². The fourth-order valence-electron chi connectivity index (χ4n) is 2.72. The molecule has 2 aromatic carbocycles. The zero-order chi connectivity index (χ0) is 16.7. The van der Waals surface area contributed by atoms with Crippen LogP contribution in [-0.4, -0.2) is 19.8 Å². The quantitative estimate of drug-likeness (QED) is 0.720. The highest BCUT2D eigenvalue weighted by Crippen LogP contribution is 2.23. The molecule has 0 spiro atoms. The molecule has 0 saturated heterocycles. The van der Waals surface area contributed by atoms with Crippen molar-refractivity contribution >= 4 is 5.69 Å². The van der Waals surface area contributed by atoms with Crippen molar-refractivity contribution in [1.29, 1.82) is 0 Å². The molecule has 0 aromatic heterocycles. The van der Waals surface area contributed by atoms with Crippen LogP contribution >= 0.6 is 0 Å². The van der Waals surface area contributed by atoms with Gasteiger partial charge in [-0.3, -0.25) is 0 Å². The Morgan fingerprint density at radius 2 is 1.57 bits per heavy atom. The lowest BCUT2D eigenvalue weighted by molar-refractivity contribution is 0.110.